The van der Waals surface area contributed by atoms with E-state index in [-0.39, 0.29) is 11.3 Å². The Kier molecular flexibility index (Phi) is 3.82. The van der Waals surface area contributed by atoms with Gasteiger partial charge in [0.25, 0.3) is 0 Å². The minimum Gasteiger partial charge on any atom is -0.384 e. The number of anilines is 1. The van der Waals surface area contributed by atoms with Crippen LogP contribution < -0.4 is 5.32 Å². The molecule has 0 bridgehead atoms. The average molecular weight is 298 g/mol. The predicted molar refractivity (Wildman–Crippen MR) is 81.6 cm³/mol. The number of benzene rings is 1. The van der Waals surface area contributed by atoms with Gasteiger partial charge in [-0.05, 0) is 31.2 Å². The second-order valence-corrected chi connectivity index (χ2v) is 4.94. The molecule has 3 aromatic rings. The van der Waals surface area contributed by atoms with Crippen molar-refractivity contribution in [1.29, 1.82) is 0 Å². The highest BCUT2D eigenvalue weighted by atomic mass is 19.1. The summed E-state index contributed by atoms with van der Waals surface area (Å²) in [5.74, 6) is 0.00262. The molecule has 0 atom stereocenters. The molecule has 0 amide bonds. The summed E-state index contributed by atoms with van der Waals surface area (Å²) in [6.07, 6.45) is 2.51. The number of aromatic nitrogens is 3. The SMILES string of the molecule is CC(=O)c1c(F)cccc1NCCc1nnc2ccccn12. The van der Waals surface area contributed by atoms with E-state index in [0.717, 1.165) is 11.5 Å². The highest BCUT2D eigenvalue weighted by Gasteiger charge is 2.12. The third-order valence-electron chi connectivity index (χ3n) is 3.41. The fourth-order valence-electron chi connectivity index (χ4n) is 2.40. The Balaban J connectivity index is 1.74. The van der Waals surface area contributed by atoms with Gasteiger partial charge in [0.05, 0.1) is 5.56 Å². The molecule has 0 saturated carbocycles. The van der Waals surface area contributed by atoms with Gasteiger partial charge in [0.1, 0.15) is 11.6 Å². The van der Waals surface area contributed by atoms with Gasteiger partial charge in [-0.1, -0.05) is 12.1 Å². The van der Waals surface area contributed by atoms with Crippen molar-refractivity contribution in [3.63, 3.8) is 0 Å². The number of pyridine rings is 1. The van der Waals surface area contributed by atoms with Crippen LogP contribution in [0.4, 0.5) is 10.1 Å². The van der Waals surface area contributed by atoms with Crippen molar-refractivity contribution in [3.05, 3.63) is 59.8 Å². The Morgan fingerprint density at radius 1 is 1.23 bits per heavy atom. The van der Waals surface area contributed by atoms with Crippen LogP contribution in [0, 0.1) is 5.82 Å². The summed E-state index contributed by atoms with van der Waals surface area (Å²) >= 11 is 0. The van der Waals surface area contributed by atoms with E-state index in [0.29, 0.717) is 18.7 Å². The number of nitrogens with zero attached hydrogens (tertiary/aromatic N) is 3. The second kappa shape index (κ2) is 5.93. The van der Waals surface area contributed by atoms with Crippen molar-refractivity contribution in [3.8, 4) is 0 Å². The van der Waals surface area contributed by atoms with Crippen LogP contribution in [0.3, 0.4) is 0 Å². The minimum atomic E-state index is -0.509. The molecule has 0 aliphatic heterocycles. The van der Waals surface area contributed by atoms with Crippen LogP contribution in [0.5, 0.6) is 0 Å². The molecule has 2 heterocycles. The van der Waals surface area contributed by atoms with Crippen molar-refractivity contribution in [2.75, 3.05) is 11.9 Å². The van der Waals surface area contributed by atoms with Gasteiger partial charge in [0, 0.05) is 24.8 Å². The first-order chi connectivity index (χ1) is 10.7. The molecule has 0 aliphatic carbocycles. The van der Waals surface area contributed by atoms with E-state index >= 15 is 0 Å². The number of Topliss-reactive ketones (excluding diaryl/α,β-unsaturated/α-hetero) is 1. The third kappa shape index (κ3) is 2.67. The van der Waals surface area contributed by atoms with Crippen LogP contribution in [-0.4, -0.2) is 26.9 Å². The summed E-state index contributed by atoms with van der Waals surface area (Å²) in [4.78, 5) is 11.5. The minimum absolute atomic E-state index is 0.0913. The third-order valence-corrected chi connectivity index (χ3v) is 3.41. The lowest BCUT2D eigenvalue weighted by molar-refractivity contribution is 0.101. The zero-order chi connectivity index (χ0) is 15.5. The van der Waals surface area contributed by atoms with Gasteiger partial charge in [0.15, 0.2) is 11.4 Å². The fourth-order valence-corrected chi connectivity index (χ4v) is 2.40. The first-order valence-electron chi connectivity index (χ1n) is 6.99. The zero-order valence-corrected chi connectivity index (χ0v) is 12.1. The van der Waals surface area contributed by atoms with Crippen LogP contribution >= 0.6 is 0 Å². The van der Waals surface area contributed by atoms with Gasteiger partial charge in [-0.3, -0.25) is 9.20 Å². The predicted octanol–water partition coefficient (Wildman–Crippen LogP) is 2.73. The molecule has 6 heteroatoms. The topological polar surface area (TPSA) is 59.3 Å². The Morgan fingerprint density at radius 3 is 2.91 bits per heavy atom. The molecule has 112 valence electrons. The van der Waals surface area contributed by atoms with E-state index in [1.165, 1.54) is 13.0 Å². The quantitative estimate of drug-likeness (QED) is 0.736. The van der Waals surface area contributed by atoms with Crippen LogP contribution in [0.2, 0.25) is 0 Å². The maximum absolute atomic E-state index is 13.7. The molecular formula is C16H15FN4O. The maximum Gasteiger partial charge on any atom is 0.164 e. The molecule has 0 spiro atoms. The van der Waals surface area contributed by atoms with Gasteiger partial charge in [0.2, 0.25) is 0 Å². The van der Waals surface area contributed by atoms with Gasteiger partial charge in [-0.2, -0.15) is 0 Å². The molecule has 2 aromatic heterocycles. The van der Waals surface area contributed by atoms with Crippen LogP contribution in [-0.2, 0) is 6.42 Å². The Labute approximate surface area is 126 Å². The summed E-state index contributed by atoms with van der Waals surface area (Å²) in [5.41, 5.74) is 1.38. The molecule has 5 nitrogen and oxygen atoms in total. The van der Waals surface area contributed by atoms with Crippen LogP contribution in [0.1, 0.15) is 23.1 Å². The van der Waals surface area contributed by atoms with E-state index in [9.17, 15) is 9.18 Å². The summed E-state index contributed by atoms with van der Waals surface area (Å²) < 4.78 is 15.6. The number of nitrogens with one attached hydrogen (secondary N) is 1. The highest BCUT2D eigenvalue weighted by molar-refractivity contribution is 5.99. The van der Waals surface area contributed by atoms with Crippen molar-refractivity contribution >= 4 is 17.1 Å². The van der Waals surface area contributed by atoms with Crippen molar-refractivity contribution < 1.29 is 9.18 Å². The van der Waals surface area contributed by atoms with E-state index in [1.807, 2.05) is 28.8 Å². The lowest BCUT2D eigenvalue weighted by atomic mass is 10.1. The molecule has 3 rings (SSSR count). The Morgan fingerprint density at radius 2 is 2.09 bits per heavy atom. The van der Waals surface area contributed by atoms with Gasteiger partial charge in [-0.25, -0.2) is 4.39 Å². The monoisotopic (exact) mass is 298 g/mol. The number of ketones is 1. The summed E-state index contributed by atoms with van der Waals surface area (Å²) in [5, 5.41) is 11.3. The largest absolute Gasteiger partial charge is 0.384 e. The standard InChI is InChI=1S/C16H15FN4O/c1-11(22)16-12(17)5-4-6-13(16)18-9-8-15-20-19-14-7-2-3-10-21(14)15/h2-7,10,18H,8-9H2,1H3. The number of carbonyl (C=O) groups is 1. The smallest absolute Gasteiger partial charge is 0.164 e. The molecule has 0 unspecified atom stereocenters. The summed E-state index contributed by atoms with van der Waals surface area (Å²) in [7, 11) is 0. The Bertz CT molecular complexity index is 828. The molecule has 0 saturated heterocycles. The highest BCUT2D eigenvalue weighted by Crippen LogP contribution is 2.19. The van der Waals surface area contributed by atoms with E-state index in [1.54, 1.807) is 12.1 Å². The average Bonchev–Trinajstić information content (AvgIpc) is 2.90. The first-order valence-corrected chi connectivity index (χ1v) is 6.99. The van der Waals surface area contributed by atoms with Crippen LogP contribution in [0.15, 0.2) is 42.6 Å². The molecule has 1 aromatic carbocycles. The van der Waals surface area contributed by atoms with Crippen molar-refractivity contribution in [1.82, 2.24) is 14.6 Å². The van der Waals surface area contributed by atoms with Gasteiger partial charge >= 0.3 is 0 Å². The summed E-state index contributed by atoms with van der Waals surface area (Å²) in [6.45, 7) is 1.88. The van der Waals surface area contributed by atoms with Crippen molar-refractivity contribution in [2.45, 2.75) is 13.3 Å². The number of halogens is 1. The maximum atomic E-state index is 13.7. The van der Waals surface area contributed by atoms with E-state index in [4.69, 9.17) is 0 Å². The van der Waals surface area contributed by atoms with E-state index < -0.39 is 5.82 Å². The second-order valence-electron chi connectivity index (χ2n) is 4.94. The molecule has 1 N–H and O–H groups in total. The van der Waals surface area contributed by atoms with Crippen LogP contribution in [0.25, 0.3) is 5.65 Å². The lowest BCUT2D eigenvalue weighted by Gasteiger charge is -2.10. The number of carbonyl (C=O) groups excluding carboxylic acids is 1. The number of fused-ring (bicyclic) bond motifs is 1. The number of rotatable bonds is 5. The molecule has 0 aliphatic rings. The fraction of sp³-hybridized carbons (Fsp3) is 0.188. The molecule has 0 fully saturated rings. The Hall–Kier alpha value is -2.76. The first kappa shape index (κ1) is 14.2. The van der Waals surface area contributed by atoms with Gasteiger partial charge < -0.3 is 5.32 Å². The van der Waals surface area contributed by atoms with E-state index in [2.05, 4.69) is 15.5 Å². The molecule has 0 radical (unpaired) electrons. The van der Waals surface area contributed by atoms with Crippen molar-refractivity contribution in [2.24, 2.45) is 0 Å². The molecule has 22 heavy (non-hydrogen) atoms. The zero-order valence-electron chi connectivity index (χ0n) is 12.1. The summed E-state index contributed by atoms with van der Waals surface area (Å²) in [6, 6.07) is 10.3. The molecular weight excluding hydrogens is 283 g/mol. The number of hydrogen-bond donors (Lipinski definition) is 1. The number of hydrogen-bond acceptors (Lipinski definition) is 4. The normalized spacial score (nSPS) is 10.8. The lowest BCUT2D eigenvalue weighted by Crippen LogP contribution is -2.11. The van der Waals surface area contributed by atoms with Gasteiger partial charge in [-0.15, -0.1) is 10.2 Å².